The Morgan fingerprint density at radius 1 is 1.39 bits per heavy atom. The lowest BCUT2D eigenvalue weighted by molar-refractivity contribution is -0.156. The molecule has 0 aromatic carbocycles. The average Bonchev–Trinajstić information content (AvgIpc) is 2.36. The van der Waals surface area contributed by atoms with E-state index in [1.54, 1.807) is 0 Å². The van der Waals surface area contributed by atoms with Crippen molar-refractivity contribution in [2.45, 2.75) is 44.2 Å². The molecule has 2 aliphatic heterocycles. The highest BCUT2D eigenvalue weighted by Gasteiger charge is 2.40. The van der Waals surface area contributed by atoms with Crippen LogP contribution < -0.4 is 0 Å². The van der Waals surface area contributed by atoms with E-state index in [2.05, 4.69) is 4.90 Å². The number of carbonyl (C=O) groups is 1. The predicted octanol–water partition coefficient (Wildman–Crippen LogP) is 1.12. The van der Waals surface area contributed by atoms with E-state index in [9.17, 15) is 4.79 Å². The van der Waals surface area contributed by atoms with Crippen LogP contribution in [0.1, 0.15) is 32.6 Å². The molecule has 5 heteroatoms. The molecule has 1 N–H and O–H groups in total. The number of aliphatic carboxylic acids is 1. The normalized spacial score (nSPS) is 27.6. The van der Waals surface area contributed by atoms with Crippen LogP contribution >= 0.6 is 0 Å². The third-order valence-corrected chi connectivity index (χ3v) is 4.13. The average molecular weight is 257 g/mol. The molecule has 104 valence electrons. The fourth-order valence-electron chi connectivity index (χ4n) is 3.08. The van der Waals surface area contributed by atoms with E-state index >= 15 is 0 Å². The molecule has 2 rings (SSSR count). The lowest BCUT2D eigenvalue weighted by Crippen LogP contribution is -2.52. The summed E-state index contributed by atoms with van der Waals surface area (Å²) in [6, 6.07) is 0.331. The number of carboxylic acid groups (broad SMARTS) is 1. The third-order valence-electron chi connectivity index (χ3n) is 4.13. The van der Waals surface area contributed by atoms with Crippen molar-refractivity contribution in [1.82, 2.24) is 4.90 Å². The van der Waals surface area contributed by atoms with Crippen LogP contribution in [0.15, 0.2) is 0 Å². The number of hydrogen-bond acceptors (Lipinski definition) is 4. The molecular weight excluding hydrogens is 234 g/mol. The Hall–Kier alpha value is -0.650. The van der Waals surface area contributed by atoms with E-state index in [1.165, 1.54) is 0 Å². The van der Waals surface area contributed by atoms with Crippen molar-refractivity contribution in [3.63, 3.8) is 0 Å². The van der Waals surface area contributed by atoms with Gasteiger partial charge in [0.1, 0.15) is 0 Å². The minimum Gasteiger partial charge on any atom is -0.480 e. The van der Waals surface area contributed by atoms with Crippen LogP contribution in [-0.4, -0.2) is 60.5 Å². The molecule has 5 nitrogen and oxygen atoms in total. The van der Waals surface area contributed by atoms with Gasteiger partial charge in [0.2, 0.25) is 0 Å². The molecule has 0 aromatic heterocycles. The topological polar surface area (TPSA) is 59.0 Å². The number of nitrogens with zero attached hydrogens (tertiary/aromatic N) is 1. The minimum atomic E-state index is -0.746. The largest absolute Gasteiger partial charge is 0.480 e. The van der Waals surface area contributed by atoms with Crippen molar-refractivity contribution >= 4 is 5.97 Å². The highest BCUT2D eigenvalue weighted by molar-refractivity contribution is 5.69. The standard InChI is InChI=1S/C13H23NO4/c1-2-14(10-12(15)16)11-3-6-18-13(9-11)4-7-17-8-5-13/h11H,2-10H2,1H3,(H,15,16). The Bertz CT molecular complexity index is 283. The van der Waals surface area contributed by atoms with Gasteiger partial charge in [-0.3, -0.25) is 9.69 Å². The zero-order chi connectivity index (χ0) is 13.0. The van der Waals surface area contributed by atoms with Gasteiger partial charge in [-0.2, -0.15) is 0 Å². The van der Waals surface area contributed by atoms with Crippen molar-refractivity contribution < 1.29 is 19.4 Å². The summed E-state index contributed by atoms with van der Waals surface area (Å²) >= 11 is 0. The summed E-state index contributed by atoms with van der Waals surface area (Å²) in [6.45, 7) is 5.20. The molecule has 2 heterocycles. The lowest BCUT2D eigenvalue weighted by atomic mass is 9.83. The van der Waals surface area contributed by atoms with Gasteiger partial charge < -0.3 is 14.6 Å². The molecule has 2 saturated heterocycles. The zero-order valence-corrected chi connectivity index (χ0v) is 11.1. The monoisotopic (exact) mass is 257 g/mol. The van der Waals surface area contributed by atoms with Gasteiger partial charge in [-0.1, -0.05) is 6.92 Å². The summed E-state index contributed by atoms with van der Waals surface area (Å²) < 4.78 is 11.4. The second-order valence-corrected chi connectivity index (χ2v) is 5.25. The molecule has 0 aromatic rings. The molecule has 0 aliphatic carbocycles. The van der Waals surface area contributed by atoms with Crippen molar-refractivity contribution in [1.29, 1.82) is 0 Å². The molecule has 0 bridgehead atoms. The molecule has 1 spiro atoms. The van der Waals surface area contributed by atoms with Gasteiger partial charge in [-0.15, -0.1) is 0 Å². The maximum Gasteiger partial charge on any atom is 0.317 e. The summed E-state index contributed by atoms with van der Waals surface area (Å²) in [5.41, 5.74) is -0.0624. The SMILES string of the molecule is CCN(CC(=O)O)C1CCOC2(CCOCC2)C1. The van der Waals surface area contributed by atoms with Crippen LogP contribution in [0.25, 0.3) is 0 Å². The smallest absolute Gasteiger partial charge is 0.317 e. The van der Waals surface area contributed by atoms with Gasteiger partial charge in [0.25, 0.3) is 0 Å². The number of rotatable bonds is 4. The summed E-state index contributed by atoms with van der Waals surface area (Å²) in [5.74, 6) is -0.746. The molecule has 0 amide bonds. The van der Waals surface area contributed by atoms with E-state index in [-0.39, 0.29) is 12.1 Å². The highest BCUT2D eigenvalue weighted by Crippen LogP contribution is 2.35. The van der Waals surface area contributed by atoms with Gasteiger partial charge >= 0.3 is 5.97 Å². The van der Waals surface area contributed by atoms with Crippen LogP contribution in [0.4, 0.5) is 0 Å². The van der Waals surface area contributed by atoms with E-state index in [0.717, 1.165) is 52.0 Å². The van der Waals surface area contributed by atoms with Crippen molar-refractivity contribution in [3.05, 3.63) is 0 Å². The molecule has 2 aliphatic rings. The molecule has 2 fully saturated rings. The van der Waals surface area contributed by atoms with Crippen molar-refractivity contribution in [2.75, 3.05) is 32.9 Å². The van der Waals surface area contributed by atoms with Crippen LogP contribution in [0, 0.1) is 0 Å². The number of likely N-dealkylation sites (N-methyl/N-ethyl adjacent to an activating group) is 1. The van der Waals surface area contributed by atoms with Crippen molar-refractivity contribution in [2.24, 2.45) is 0 Å². The number of carboxylic acids is 1. The van der Waals surface area contributed by atoms with E-state index in [0.29, 0.717) is 6.04 Å². The predicted molar refractivity (Wildman–Crippen MR) is 66.6 cm³/mol. The summed E-state index contributed by atoms with van der Waals surface area (Å²) in [6.07, 6.45) is 3.75. The zero-order valence-electron chi connectivity index (χ0n) is 11.1. The van der Waals surface area contributed by atoms with Crippen LogP contribution in [0.3, 0.4) is 0 Å². The Kier molecular flexibility index (Phi) is 4.59. The maximum absolute atomic E-state index is 10.9. The van der Waals surface area contributed by atoms with E-state index in [4.69, 9.17) is 14.6 Å². The van der Waals surface area contributed by atoms with Gasteiger partial charge in [0, 0.05) is 25.9 Å². The summed E-state index contributed by atoms with van der Waals surface area (Å²) in [5, 5.41) is 8.95. The molecule has 0 radical (unpaired) electrons. The van der Waals surface area contributed by atoms with E-state index < -0.39 is 5.97 Å². The number of ether oxygens (including phenoxy) is 2. The van der Waals surface area contributed by atoms with Crippen LogP contribution in [-0.2, 0) is 14.3 Å². The third kappa shape index (κ3) is 3.22. The molecule has 1 unspecified atom stereocenters. The molecule has 0 saturated carbocycles. The van der Waals surface area contributed by atoms with Gasteiger partial charge in [-0.25, -0.2) is 0 Å². The van der Waals surface area contributed by atoms with Crippen molar-refractivity contribution in [3.8, 4) is 0 Å². The first kappa shape index (κ1) is 13.8. The Balaban J connectivity index is 1.98. The first-order chi connectivity index (χ1) is 8.65. The second-order valence-electron chi connectivity index (χ2n) is 5.25. The Morgan fingerprint density at radius 2 is 2.11 bits per heavy atom. The first-order valence-corrected chi connectivity index (χ1v) is 6.83. The maximum atomic E-state index is 10.9. The molecule has 18 heavy (non-hydrogen) atoms. The Labute approximate surface area is 108 Å². The van der Waals surface area contributed by atoms with Gasteiger partial charge in [0.05, 0.1) is 12.1 Å². The summed E-state index contributed by atoms with van der Waals surface area (Å²) in [7, 11) is 0. The van der Waals surface area contributed by atoms with Gasteiger partial charge in [0.15, 0.2) is 0 Å². The lowest BCUT2D eigenvalue weighted by Gasteiger charge is -2.46. The van der Waals surface area contributed by atoms with Crippen LogP contribution in [0.2, 0.25) is 0 Å². The highest BCUT2D eigenvalue weighted by atomic mass is 16.5. The molecule has 1 atom stereocenters. The minimum absolute atomic E-state index is 0.0624. The molecular formula is C13H23NO4. The Morgan fingerprint density at radius 3 is 2.72 bits per heavy atom. The van der Waals surface area contributed by atoms with E-state index in [1.807, 2.05) is 6.92 Å². The number of hydrogen-bond donors (Lipinski definition) is 1. The van der Waals surface area contributed by atoms with Gasteiger partial charge in [-0.05, 0) is 32.2 Å². The van der Waals surface area contributed by atoms with Crippen LogP contribution in [0.5, 0.6) is 0 Å². The first-order valence-electron chi connectivity index (χ1n) is 6.83. The summed E-state index contributed by atoms with van der Waals surface area (Å²) in [4.78, 5) is 12.9. The quantitative estimate of drug-likeness (QED) is 0.818. The fraction of sp³-hybridized carbons (Fsp3) is 0.923. The second kappa shape index (κ2) is 5.99. The fourth-order valence-corrected chi connectivity index (χ4v) is 3.08.